The Morgan fingerprint density at radius 3 is 2.00 bits per heavy atom. The van der Waals surface area contributed by atoms with Gasteiger partial charge in [0.1, 0.15) is 0 Å². The van der Waals surface area contributed by atoms with Gasteiger partial charge in [-0.3, -0.25) is 0 Å². The molecule has 10 heavy (non-hydrogen) atoms. The number of hydrogen-bond donors (Lipinski definition) is 0. The lowest BCUT2D eigenvalue weighted by Gasteiger charge is -1.89. The van der Waals surface area contributed by atoms with Gasteiger partial charge in [0, 0.05) is 6.38 Å². The van der Waals surface area contributed by atoms with Crippen LogP contribution in [0.25, 0.3) is 0 Å². The Labute approximate surface area is 67.8 Å². The van der Waals surface area contributed by atoms with Crippen molar-refractivity contribution in [2.45, 2.75) is 6.42 Å². The Balaban J connectivity index is 0.000000371. The summed E-state index contributed by atoms with van der Waals surface area (Å²) >= 11 is 4.64. The molecule has 0 heterocycles. The molecular weight excluding hydrogens is 144 g/mol. The second-order valence-electron chi connectivity index (χ2n) is 1.74. The van der Waals surface area contributed by atoms with Gasteiger partial charge in [-0.2, -0.15) is 0 Å². The molecule has 0 saturated carbocycles. The Morgan fingerprint density at radius 1 is 1.20 bits per heavy atom. The van der Waals surface area contributed by atoms with Crippen LogP contribution in [0.4, 0.5) is 0 Å². The van der Waals surface area contributed by atoms with Crippen LogP contribution in [0.3, 0.4) is 0 Å². The molecule has 1 rings (SSSR count). The van der Waals surface area contributed by atoms with Gasteiger partial charge < -0.3 is 0 Å². The number of halogens is 1. The third kappa shape index (κ3) is 3.52. The van der Waals surface area contributed by atoms with Gasteiger partial charge in [-0.25, -0.2) is 0 Å². The minimum atomic E-state index is 0.890. The smallest absolute Gasteiger partial charge is 0.0108 e. The number of hydrogen-bond acceptors (Lipinski definition) is 0. The summed E-state index contributed by atoms with van der Waals surface area (Å²) < 4.78 is 0. The van der Waals surface area contributed by atoms with Gasteiger partial charge in [0.05, 0.1) is 0 Å². The quantitative estimate of drug-likeness (QED) is 0.547. The molecule has 0 atom stereocenters. The molecule has 0 fully saturated rings. The molecule has 0 unspecified atom stereocenters. The number of benzene rings is 1. The Bertz CT molecular complexity index is 146. The van der Waals surface area contributed by atoms with Crippen LogP contribution in [-0.2, 0) is 6.42 Å². The largest absolute Gasteiger partial charge is 0.130 e. The maximum absolute atomic E-state index is 4.64. The molecule has 1 aromatic rings. The van der Waals surface area contributed by atoms with Gasteiger partial charge in [-0.15, -0.1) is 11.6 Å². The van der Waals surface area contributed by atoms with E-state index in [4.69, 9.17) is 0 Å². The molecule has 1 heteroatoms. The molecule has 0 spiro atoms. The van der Waals surface area contributed by atoms with E-state index in [1.165, 1.54) is 11.9 Å². The molecule has 0 aliphatic rings. The maximum Gasteiger partial charge on any atom is 0.0108 e. The van der Waals surface area contributed by atoms with E-state index in [1.54, 1.807) is 0 Å². The van der Waals surface area contributed by atoms with Crippen molar-refractivity contribution in [1.82, 2.24) is 0 Å². The Kier molecular flexibility index (Phi) is 6.30. The molecule has 0 aliphatic carbocycles. The van der Waals surface area contributed by atoms with Crippen LogP contribution in [0.1, 0.15) is 5.56 Å². The van der Waals surface area contributed by atoms with E-state index >= 15 is 0 Å². The molecule has 0 aliphatic heterocycles. The zero-order valence-corrected chi connectivity index (χ0v) is 6.93. The summed E-state index contributed by atoms with van der Waals surface area (Å²) in [6.07, 6.45) is 2.36. The maximum atomic E-state index is 4.64. The Hall–Kier alpha value is -0.490. The van der Waals surface area contributed by atoms with Gasteiger partial charge in [-0.1, -0.05) is 30.3 Å². The molecule has 55 valence electrons. The first-order chi connectivity index (χ1) is 4.93. The van der Waals surface area contributed by atoms with Crippen molar-refractivity contribution in [3.05, 3.63) is 42.8 Å². The minimum Gasteiger partial charge on any atom is -0.130 e. The van der Waals surface area contributed by atoms with Crippen molar-refractivity contribution >= 4 is 11.6 Å². The summed E-state index contributed by atoms with van der Waals surface area (Å²) in [7, 11) is 0. The van der Waals surface area contributed by atoms with Crippen LogP contribution in [0, 0.1) is 6.92 Å². The van der Waals surface area contributed by atoms with Crippen LogP contribution in [0.2, 0.25) is 0 Å². The van der Waals surface area contributed by atoms with E-state index in [9.17, 15) is 0 Å². The fourth-order valence-electron chi connectivity index (χ4n) is 0.645. The first-order valence-electron chi connectivity index (χ1n) is 3.14. The highest BCUT2D eigenvalue weighted by Crippen LogP contribution is 1.96. The highest BCUT2D eigenvalue weighted by atomic mass is 35.5. The zero-order chi connectivity index (χ0) is 7.82. The van der Waals surface area contributed by atoms with E-state index in [0.717, 1.165) is 6.42 Å². The molecule has 0 amide bonds. The second-order valence-corrected chi connectivity index (χ2v) is 1.74. The predicted molar refractivity (Wildman–Crippen MR) is 47.3 cm³/mol. The van der Waals surface area contributed by atoms with Crippen molar-refractivity contribution in [3.63, 3.8) is 0 Å². The average molecular weight is 156 g/mol. The number of rotatable bonds is 1. The lowest BCUT2D eigenvalue weighted by Crippen LogP contribution is -1.74. The molecule has 0 aromatic heterocycles. The van der Waals surface area contributed by atoms with Crippen LogP contribution >= 0.6 is 11.6 Å². The molecule has 0 saturated heterocycles. The van der Waals surface area contributed by atoms with Gasteiger partial charge in [-0.05, 0) is 18.9 Å². The highest BCUT2D eigenvalue weighted by molar-refractivity contribution is 6.15. The van der Waals surface area contributed by atoms with E-state index in [1.807, 2.05) is 18.2 Å². The highest BCUT2D eigenvalue weighted by Gasteiger charge is 1.80. The summed E-state index contributed by atoms with van der Waals surface area (Å²) in [5.74, 6) is 0. The summed E-state index contributed by atoms with van der Waals surface area (Å²) in [6, 6.07) is 10.2. The third-order valence-corrected chi connectivity index (χ3v) is 1.13. The van der Waals surface area contributed by atoms with Crippen molar-refractivity contribution in [1.29, 1.82) is 0 Å². The van der Waals surface area contributed by atoms with Crippen LogP contribution < -0.4 is 0 Å². The van der Waals surface area contributed by atoms with Gasteiger partial charge in [0.15, 0.2) is 0 Å². The van der Waals surface area contributed by atoms with Crippen LogP contribution in [-0.4, -0.2) is 6.38 Å². The predicted octanol–water partition coefficient (Wildman–Crippen LogP) is 2.92. The van der Waals surface area contributed by atoms with Crippen molar-refractivity contribution in [2.75, 3.05) is 6.38 Å². The summed E-state index contributed by atoms with van der Waals surface area (Å²) in [5, 5.41) is 0. The lowest BCUT2D eigenvalue weighted by atomic mass is 10.2. The fourth-order valence-corrected chi connectivity index (χ4v) is 0.645. The van der Waals surface area contributed by atoms with E-state index in [2.05, 4.69) is 30.7 Å². The third-order valence-electron chi connectivity index (χ3n) is 1.13. The monoisotopic (exact) mass is 155 g/mol. The normalized spacial score (nSPS) is 7.90. The fraction of sp³-hybridized carbons (Fsp3) is 0.222. The summed E-state index contributed by atoms with van der Waals surface area (Å²) in [6.45, 7) is 3.76. The van der Waals surface area contributed by atoms with Crippen LogP contribution in [0.5, 0.6) is 0 Å². The average Bonchev–Trinajstić information content (AvgIpc) is 2.10. The van der Waals surface area contributed by atoms with Gasteiger partial charge >= 0.3 is 0 Å². The second kappa shape index (κ2) is 6.63. The minimum absolute atomic E-state index is 0.890. The van der Waals surface area contributed by atoms with Crippen molar-refractivity contribution in [3.8, 4) is 0 Å². The zero-order valence-electron chi connectivity index (χ0n) is 6.18. The van der Waals surface area contributed by atoms with E-state index in [-0.39, 0.29) is 0 Å². The lowest BCUT2D eigenvalue weighted by molar-refractivity contribution is 1.27. The molecule has 0 N–H and O–H groups in total. The first-order valence-corrected chi connectivity index (χ1v) is 3.90. The van der Waals surface area contributed by atoms with Crippen LogP contribution in [0.15, 0.2) is 30.3 Å². The van der Waals surface area contributed by atoms with E-state index in [0.29, 0.717) is 0 Å². The molecule has 0 nitrogen and oxygen atoms in total. The molecular formula is C9H12Cl. The topological polar surface area (TPSA) is 0 Å². The van der Waals surface area contributed by atoms with Crippen molar-refractivity contribution < 1.29 is 0 Å². The first kappa shape index (κ1) is 9.51. The van der Waals surface area contributed by atoms with Gasteiger partial charge in [0.2, 0.25) is 0 Å². The Morgan fingerprint density at radius 2 is 1.70 bits per heavy atom. The summed E-state index contributed by atoms with van der Waals surface area (Å²) in [4.78, 5) is 0. The van der Waals surface area contributed by atoms with Gasteiger partial charge in [0.25, 0.3) is 0 Å². The molecule has 1 radical (unpaired) electrons. The molecule has 1 aromatic carbocycles. The SMILES string of the molecule is CCl.[CH2]Cc1ccccc1. The van der Waals surface area contributed by atoms with E-state index < -0.39 is 0 Å². The summed E-state index contributed by atoms with van der Waals surface area (Å²) in [5.41, 5.74) is 1.30. The van der Waals surface area contributed by atoms with Crippen molar-refractivity contribution in [2.24, 2.45) is 0 Å². The molecule has 0 bridgehead atoms. The standard InChI is InChI=1S/C8H9.CH3Cl/c1-2-8-6-4-3-5-7-8;1-2/h3-7H,1-2H2;1H3. The number of alkyl halides is 1.